The molecule has 0 aromatic carbocycles. The van der Waals surface area contributed by atoms with Crippen molar-refractivity contribution in [1.82, 2.24) is 5.32 Å². The maximum Gasteiger partial charge on any atom is 0.248 e. The number of nitrogens with two attached hydrogens (primary N) is 1. The van der Waals surface area contributed by atoms with Crippen molar-refractivity contribution < 1.29 is 8.78 Å². The minimum atomic E-state index is -2.42. The monoisotopic (exact) mass is 216 g/mol. The lowest BCUT2D eigenvalue weighted by Gasteiger charge is -2.21. The molecule has 0 radical (unpaired) electrons. The topological polar surface area (TPSA) is 38.0 Å². The fraction of sp³-hybridized carbons (Fsp3) is 0.818. The van der Waals surface area contributed by atoms with Gasteiger partial charge in [0.15, 0.2) is 0 Å². The molecule has 1 saturated carbocycles. The maximum absolute atomic E-state index is 13.0. The molecule has 1 fully saturated rings. The van der Waals surface area contributed by atoms with Crippen molar-refractivity contribution in [3.8, 4) is 0 Å². The predicted octanol–water partition coefficient (Wildman–Crippen LogP) is 1.67. The summed E-state index contributed by atoms with van der Waals surface area (Å²) in [6.45, 7) is 1.61. The molecule has 0 amide bonds. The summed E-state index contributed by atoms with van der Waals surface area (Å²) >= 11 is 0. The Balaban J connectivity index is 1.87. The number of halogens is 2. The summed E-state index contributed by atoms with van der Waals surface area (Å²) in [6.07, 6.45) is 3.59. The second kappa shape index (κ2) is 4.18. The van der Waals surface area contributed by atoms with Crippen LogP contribution < -0.4 is 11.1 Å². The van der Waals surface area contributed by atoms with Gasteiger partial charge in [-0.15, -0.1) is 0 Å². The number of alkyl halides is 2. The number of hydrogen-bond donors (Lipinski definition) is 2. The van der Waals surface area contributed by atoms with Crippen molar-refractivity contribution in [1.29, 1.82) is 0 Å². The van der Waals surface area contributed by atoms with Crippen molar-refractivity contribution in [3.63, 3.8) is 0 Å². The lowest BCUT2D eigenvalue weighted by atomic mass is 9.95. The van der Waals surface area contributed by atoms with Gasteiger partial charge in [0, 0.05) is 32.0 Å². The predicted molar refractivity (Wildman–Crippen MR) is 55.8 cm³/mol. The molecule has 15 heavy (non-hydrogen) atoms. The van der Waals surface area contributed by atoms with Crippen LogP contribution in [-0.2, 0) is 0 Å². The van der Waals surface area contributed by atoms with E-state index >= 15 is 0 Å². The highest BCUT2D eigenvalue weighted by atomic mass is 19.3. The Labute approximate surface area is 88.9 Å². The molecule has 4 heteroatoms. The van der Waals surface area contributed by atoms with Crippen LogP contribution in [0.1, 0.15) is 25.7 Å². The minimum Gasteiger partial charge on any atom is -0.323 e. The Morgan fingerprint density at radius 1 is 1.53 bits per heavy atom. The summed E-state index contributed by atoms with van der Waals surface area (Å²) in [4.78, 5) is 0. The Hall–Kier alpha value is -0.480. The molecule has 0 aromatic rings. The molecule has 0 spiro atoms. The number of nitrogens with one attached hydrogen (secondary N) is 1. The summed E-state index contributed by atoms with van der Waals surface area (Å²) in [5.41, 5.74) is 6.97. The van der Waals surface area contributed by atoms with E-state index in [0.717, 1.165) is 19.5 Å². The molecule has 2 unspecified atom stereocenters. The second-order valence-electron chi connectivity index (χ2n) is 4.79. The average molecular weight is 216 g/mol. The van der Waals surface area contributed by atoms with E-state index in [1.807, 2.05) is 6.08 Å². The number of rotatable bonds is 2. The molecule has 3 N–H and O–H groups in total. The molecule has 0 saturated heterocycles. The van der Waals surface area contributed by atoms with Crippen LogP contribution in [0.15, 0.2) is 11.6 Å². The van der Waals surface area contributed by atoms with Gasteiger partial charge < -0.3 is 11.1 Å². The van der Waals surface area contributed by atoms with E-state index in [2.05, 4.69) is 5.32 Å². The van der Waals surface area contributed by atoms with Crippen LogP contribution in [0.4, 0.5) is 8.78 Å². The zero-order chi connectivity index (χ0) is 10.9. The summed E-state index contributed by atoms with van der Waals surface area (Å²) < 4.78 is 25.9. The Morgan fingerprint density at radius 2 is 2.33 bits per heavy atom. The first-order chi connectivity index (χ1) is 7.05. The quantitative estimate of drug-likeness (QED) is 0.689. The minimum absolute atomic E-state index is 0.0515. The summed E-state index contributed by atoms with van der Waals surface area (Å²) in [5.74, 6) is -2.27. The molecule has 2 aliphatic rings. The SMILES string of the molecule is NC1C=C(CC2CCC(F)(F)C2)CNC1. The zero-order valence-electron chi connectivity index (χ0n) is 8.81. The van der Waals surface area contributed by atoms with Gasteiger partial charge >= 0.3 is 0 Å². The Morgan fingerprint density at radius 3 is 2.93 bits per heavy atom. The highest BCUT2D eigenvalue weighted by Gasteiger charge is 2.39. The average Bonchev–Trinajstić information content (AvgIpc) is 2.45. The van der Waals surface area contributed by atoms with Crippen molar-refractivity contribution in [3.05, 3.63) is 11.6 Å². The fourth-order valence-corrected chi connectivity index (χ4v) is 2.55. The van der Waals surface area contributed by atoms with Gasteiger partial charge in [-0.3, -0.25) is 0 Å². The highest BCUT2D eigenvalue weighted by molar-refractivity contribution is 5.13. The molecule has 86 valence electrons. The maximum atomic E-state index is 13.0. The fourth-order valence-electron chi connectivity index (χ4n) is 2.55. The van der Waals surface area contributed by atoms with Crippen molar-refractivity contribution >= 4 is 0 Å². The molecule has 2 nitrogen and oxygen atoms in total. The van der Waals surface area contributed by atoms with Crippen LogP contribution in [0.5, 0.6) is 0 Å². The third-order valence-electron chi connectivity index (χ3n) is 3.24. The Bertz CT molecular complexity index is 263. The standard InChI is InChI=1S/C11H18F2N2/c12-11(13)2-1-8(5-11)3-9-4-10(14)7-15-6-9/h4,8,10,15H,1-3,5-7,14H2. The Kier molecular flexibility index (Phi) is 3.07. The van der Waals surface area contributed by atoms with E-state index < -0.39 is 5.92 Å². The van der Waals surface area contributed by atoms with Crippen LogP contribution in [0.2, 0.25) is 0 Å². The van der Waals surface area contributed by atoms with Gasteiger partial charge in [-0.25, -0.2) is 8.78 Å². The molecule has 1 aliphatic carbocycles. The first-order valence-corrected chi connectivity index (χ1v) is 5.59. The molecule has 2 rings (SSSR count). The van der Waals surface area contributed by atoms with E-state index in [1.165, 1.54) is 5.57 Å². The van der Waals surface area contributed by atoms with Gasteiger partial charge in [-0.2, -0.15) is 0 Å². The largest absolute Gasteiger partial charge is 0.323 e. The van der Waals surface area contributed by atoms with Crippen LogP contribution in [0.25, 0.3) is 0 Å². The highest BCUT2D eigenvalue weighted by Crippen LogP contribution is 2.41. The second-order valence-corrected chi connectivity index (χ2v) is 4.79. The number of hydrogen-bond acceptors (Lipinski definition) is 2. The van der Waals surface area contributed by atoms with Gasteiger partial charge in [-0.05, 0) is 18.8 Å². The van der Waals surface area contributed by atoms with Gasteiger partial charge in [0.25, 0.3) is 0 Å². The molecule has 2 atom stereocenters. The van der Waals surface area contributed by atoms with E-state index in [0.29, 0.717) is 6.42 Å². The van der Waals surface area contributed by atoms with E-state index in [-0.39, 0.29) is 24.8 Å². The van der Waals surface area contributed by atoms with Crippen LogP contribution in [0, 0.1) is 5.92 Å². The van der Waals surface area contributed by atoms with Gasteiger partial charge in [0.05, 0.1) is 0 Å². The van der Waals surface area contributed by atoms with E-state index in [9.17, 15) is 8.78 Å². The van der Waals surface area contributed by atoms with E-state index in [4.69, 9.17) is 5.73 Å². The van der Waals surface area contributed by atoms with Crippen molar-refractivity contribution in [2.45, 2.75) is 37.6 Å². The molecular weight excluding hydrogens is 198 g/mol. The normalized spacial score (nSPS) is 35.3. The third-order valence-corrected chi connectivity index (χ3v) is 3.24. The lowest BCUT2D eigenvalue weighted by molar-refractivity contribution is 0.00506. The molecule has 1 aliphatic heterocycles. The van der Waals surface area contributed by atoms with Gasteiger partial charge in [0.1, 0.15) is 0 Å². The first-order valence-electron chi connectivity index (χ1n) is 5.59. The molecular formula is C11H18F2N2. The van der Waals surface area contributed by atoms with Crippen LogP contribution in [0.3, 0.4) is 0 Å². The summed E-state index contributed by atoms with van der Waals surface area (Å²) in [5, 5.41) is 3.20. The molecule has 0 aromatic heterocycles. The first kappa shape index (κ1) is 11.0. The van der Waals surface area contributed by atoms with Crippen LogP contribution >= 0.6 is 0 Å². The summed E-state index contributed by atoms with van der Waals surface area (Å²) in [6, 6.07) is 0.0515. The molecule has 1 heterocycles. The van der Waals surface area contributed by atoms with Gasteiger partial charge in [0.2, 0.25) is 5.92 Å². The van der Waals surface area contributed by atoms with Crippen LogP contribution in [-0.4, -0.2) is 25.1 Å². The zero-order valence-corrected chi connectivity index (χ0v) is 8.81. The third kappa shape index (κ3) is 2.98. The lowest BCUT2D eigenvalue weighted by Crippen LogP contribution is -2.38. The van der Waals surface area contributed by atoms with Crippen molar-refractivity contribution in [2.24, 2.45) is 11.7 Å². The summed E-state index contributed by atoms with van der Waals surface area (Å²) in [7, 11) is 0. The van der Waals surface area contributed by atoms with E-state index in [1.54, 1.807) is 0 Å². The van der Waals surface area contributed by atoms with Gasteiger partial charge in [-0.1, -0.05) is 11.6 Å². The van der Waals surface area contributed by atoms with Crippen molar-refractivity contribution in [2.75, 3.05) is 13.1 Å². The smallest absolute Gasteiger partial charge is 0.248 e. The molecule has 0 bridgehead atoms.